The first-order valence-electron chi connectivity index (χ1n) is 5.14. The van der Waals surface area contributed by atoms with E-state index in [9.17, 15) is 8.42 Å². The highest BCUT2D eigenvalue weighted by atomic mass is 32.2. The van der Waals surface area contributed by atoms with Gasteiger partial charge in [-0.25, -0.2) is 13.6 Å². The first-order valence-corrected chi connectivity index (χ1v) is 6.69. The molecule has 0 aliphatic carbocycles. The van der Waals surface area contributed by atoms with Gasteiger partial charge in [-0.05, 0) is 24.3 Å². The van der Waals surface area contributed by atoms with Gasteiger partial charge in [-0.3, -0.25) is 10.1 Å². The molecule has 0 saturated carbocycles. The maximum atomic E-state index is 11.1. The molecule has 0 bridgehead atoms. The number of primary sulfonamides is 1. The third-order valence-electron chi connectivity index (χ3n) is 2.37. The number of hydrogen-bond acceptors (Lipinski definition) is 6. The molecule has 2 aromatic rings. The Hall–Kier alpha value is -2.39. The number of nitrogens with two attached hydrogens (primary N) is 3. The molecule has 2 rings (SSSR count). The number of H-pyrrole nitrogens is 1. The van der Waals surface area contributed by atoms with Gasteiger partial charge in [0.25, 0.3) is 0 Å². The summed E-state index contributed by atoms with van der Waals surface area (Å²) in [7, 11) is -3.70. The van der Waals surface area contributed by atoms with Crippen LogP contribution in [0, 0.1) is 0 Å². The van der Waals surface area contributed by atoms with Crippen LogP contribution >= 0.6 is 0 Å². The zero-order valence-electron chi connectivity index (χ0n) is 9.74. The van der Waals surface area contributed by atoms with E-state index in [-0.39, 0.29) is 10.7 Å². The van der Waals surface area contributed by atoms with E-state index in [2.05, 4.69) is 15.2 Å². The molecular formula is C10H12N6O2S. The standard InChI is InChI=1S/C10H12N6O2S/c11-9-8(10(12)16-15-9)5-14-6-1-3-7(4-2-6)19(13,17)18/h1-5H,(H2,13,17,18)(H5,11,12,15,16). The Morgan fingerprint density at radius 2 is 1.84 bits per heavy atom. The van der Waals surface area contributed by atoms with E-state index >= 15 is 0 Å². The summed E-state index contributed by atoms with van der Waals surface area (Å²) in [6.45, 7) is 0. The first-order chi connectivity index (χ1) is 8.88. The maximum absolute atomic E-state index is 11.1. The van der Waals surface area contributed by atoms with E-state index in [4.69, 9.17) is 16.6 Å². The van der Waals surface area contributed by atoms with Crippen molar-refractivity contribution < 1.29 is 8.42 Å². The third-order valence-corrected chi connectivity index (χ3v) is 3.30. The molecule has 8 nitrogen and oxygen atoms in total. The number of nitrogens with zero attached hydrogens (tertiary/aromatic N) is 2. The molecule has 19 heavy (non-hydrogen) atoms. The molecule has 100 valence electrons. The van der Waals surface area contributed by atoms with Crippen LogP contribution in [0.15, 0.2) is 34.2 Å². The van der Waals surface area contributed by atoms with E-state index in [1.807, 2.05) is 0 Å². The van der Waals surface area contributed by atoms with Crippen molar-refractivity contribution in [3.05, 3.63) is 29.8 Å². The number of rotatable bonds is 3. The maximum Gasteiger partial charge on any atom is 0.238 e. The van der Waals surface area contributed by atoms with E-state index in [1.165, 1.54) is 30.5 Å². The van der Waals surface area contributed by atoms with E-state index < -0.39 is 10.0 Å². The van der Waals surface area contributed by atoms with Crippen molar-refractivity contribution in [2.24, 2.45) is 10.1 Å². The Morgan fingerprint density at radius 3 is 2.32 bits per heavy atom. The van der Waals surface area contributed by atoms with Crippen molar-refractivity contribution in [2.45, 2.75) is 4.90 Å². The molecule has 0 radical (unpaired) electrons. The predicted molar refractivity (Wildman–Crippen MR) is 72.5 cm³/mol. The number of sulfonamides is 1. The van der Waals surface area contributed by atoms with Gasteiger partial charge >= 0.3 is 0 Å². The molecule has 0 spiro atoms. The normalized spacial score (nSPS) is 12.1. The summed E-state index contributed by atoms with van der Waals surface area (Å²) in [6.07, 6.45) is 1.44. The van der Waals surface area contributed by atoms with Crippen molar-refractivity contribution in [1.29, 1.82) is 0 Å². The van der Waals surface area contributed by atoms with Crippen molar-refractivity contribution in [3.8, 4) is 0 Å². The lowest BCUT2D eigenvalue weighted by Crippen LogP contribution is -2.11. The minimum absolute atomic E-state index is 0.0220. The van der Waals surface area contributed by atoms with Crippen LogP contribution in [0.5, 0.6) is 0 Å². The lowest BCUT2D eigenvalue weighted by molar-refractivity contribution is 0.598. The monoisotopic (exact) mass is 280 g/mol. The van der Waals surface area contributed by atoms with Gasteiger partial charge in [0, 0.05) is 6.21 Å². The van der Waals surface area contributed by atoms with Gasteiger partial charge in [0.2, 0.25) is 10.0 Å². The molecule has 0 unspecified atom stereocenters. The number of aliphatic imine (C=N–C) groups is 1. The van der Waals surface area contributed by atoms with Gasteiger partial charge in [0.15, 0.2) is 5.82 Å². The summed E-state index contributed by atoms with van der Waals surface area (Å²) in [5.41, 5.74) is 12.2. The van der Waals surface area contributed by atoms with Crippen LogP contribution in [-0.2, 0) is 10.0 Å². The van der Waals surface area contributed by atoms with Crippen molar-refractivity contribution in [1.82, 2.24) is 10.2 Å². The number of anilines is 2. The largest absolute Gasteiger partial charge is 0.383 e. The summed E-state index contributed by atoms with van der Waals surface area (Å²) in [5.74, 6) is 0.546. The number of hydrogen-bond donors (Lipinski definition) is 4. The Labute approximate surface area is 109 Å². The van der Waals surface area contributed by atoms with E-state index in [0.29, 0.717) is 17.1 Å². The highest BCUT2D eigenvalue weighted by Gasteiger charge is 2.07. The van der Waals surface area contributed by atoms with Crippen LogP contribution < -0.4 is 16.6 Å². The average Bonchev–Trinajstić information content (AvgIpc) is 2.66. The quantitative estimate of drug-likeness (QED) is 0.581. The second-order valence-corrected chi connectivity index (χ2v) is 5.29. The lowest BCUT2D eigenvalue weighted by atomic mass is 10.3. The molecule has 0 aliphatic heterocycles. The number of benzene rings is 1. The predicted octanol–water partition coefficient (Wildman–Crippen LogP) is -0.0279. The van der Waals surface area contributed by atoms with Crippen LogP contribution in [0.4, 0.5) is 17.3 Å². The lowest BCUT2D eigenvalue weighted by Gasteiger charge is -1.98. The highest BCUT2D eigenvalue weighted by Crippen LogP contribution is 2.17. The number of aromatic nitrogens is 2. The van der Waals surface area contributed by atoms with Gasteiger partial charge in [0.05, 0.1) is 16.1 Å². The Kier molecular flexibility index (Phi) is 3.23. The van der Waals surface area contributed by atoms with Crippen LogP contribution in [0.25, 0.3) is 0 Å². The zero-order valence-corrected chi connectivity index (χ0v) is 10.6. The summed E-state index contributed by atoms with van der Waals surface area (Å²) in [6, 6.07) is 5.76. The van der Waals surface area contributed by atoms with Crippen LogP contribution in [0.3, 0.4) is 0 Å². The van der Waals surface area contributed by atoms with Crippen molar-refractivity contribution in [3.63, 3.8) is 0 Å². The Morgan fingerprint density at radius 1 is 1.21 bits per heavy atom. The fraction of sp³-hybridized carbons (Fsp3) is 0. The zero-order chi connectivity index (χ0) is 14.0. The minimum atomic E-state index is -3.70. The second kappa shape index (κ2) is 4.71. The fourth-order valence-electron chi connectivity index (χ4n) is 1.38. The molecule has 0 saturated heterocycles. The van der Waals surface area contributed by atoms with Gasteiger partial charge < -0.3 is 11.5 Å². The molecule has 1 heterocycles. The van der Waals surface area contributed by atoms with Gasteiger partial charge in [-0.1, -0.05) is 0 Å². The van der Waals surface area contributed by atoms with Crippen LogP contribution in [0.2, 0.25) is 0 Å². The highest BCUT2D eigenvalue weighted by molar-refractivity contribution is 7.89. The molecule has 9 heteroatoms. The molecule has 0 fully saturated rings. The Bertz CT molecular complexity index is 697. The van der Waals surface area contributed by atoms with E-state index in [0.717, 1.165) is 0 Å². The van der Waals surface area contributed by atoms with Gasteiger partial charge in [-0.15, -0.1) is 0 Å². The average molecular weight is 280 g/mol. The third kappa shape index (κ3) is 2.89. The molecule has 0 atom stereocenters. The second-order valence-electron chi connectivity index (χ2n) is 3.73. The molecule has 0 aliphatic rings. The molecule has 7 N–H and O–H groups in total. The molecule has 1 aromatic carbocycles. The number of nitrogen functional groups attached to an aromatic ring is 2. The van der Waals surface area contributed by atoms with Crippen molar-refractivity contribution >= 4 is 33.6 Å². The van der Waals surface area contributed by atoms with Crippen LogP contribution in [-0.4, -0.2) is 24.8 Å². The van der Waals surface area contributed by atoms with E-state index in [1.54, 1.807) is 0 Å². The number of aromatic amines is 1. The smallest absolute Gasteiger partial charge is 0.238 e. The summed E-state index contributed by atoms with van der Waals surface area (Å²) >= 11 is 0. The molecular weight excluding hydrogens is 268 g/mol. The fourth-order valence-corrected chi connectivity index (χ4v) is 1.89. The summed E-state index contributed by atoms with van der Waals surface area (Å²) < 4.78 is 22.1. The topological polar surface area (TPSA) is 153 Å². The molecule has 0 amide bonds. The summed E-state index contributed by atoms with van der Waals surface area (Å²) in [4.78, 5) is 4.13. The molecule has 1 aromatic heterocycles. The van der Waals surface area contributed by atoms with Gasteiger partial charge in [-0.2, -0.15) is 5.10 Å². The SMILES string of the molecule is Nc1n[nH]c(N)c1C=Nc1ccc(S(N)(=O)=O)cc1. The Balaban J connectivity index is 2.25. The van der Waals surface area contributed by atoms with Crippen molar-refractivity contribution in [2.75, 3.05) is 11.5 Å². The summed E-state index contributed by atoms with van der Waals surface area (Å²) in [5, 5.41) is 11.2. The minimum Gasteiger partial charge on any atom is -0.383 e. The van der Waals surface area contributed by atoms with Gasteiger partial charge in [0.1, 0.15) is 5.82 Å². The number of nitrogens with one attached hydrogen (secondary N) is 1. The van der Waals surface area contributed by atoms with Crippen LogP contribution in [0.1, 0.15) is 5.56 Å². The first kappa shape index (κ1) is 13.1.